The van der Waals surface area contributed by atoms with Crippen LogP contribution in [0.3, 0.4) is 0 Å². The molecule has 0 bridgehead atoms. The molecule has 17 heavy (non-hydrogen) atoms. The van der Waals surface area contributed by atoms with E-state index in [1.54, 1.807) is 0 Å². The fraction of sp³-hybridized carbons (Fsp3) is 0. The van der Waals surface area contributed by atoms with E-state index < -0.39 is 0 Å². The topological polar surface area (TPSA) is 38.9 Å². The van der Waals surface area contributed by atoms with Crippen molar-refractivity contribution < 1.29 is 4.42 Å². The normalized spacial score (nSPS) is 10.9. The van der Waals surface area contributed by atoms with Gasteiger partial charge < -0.3 is 4.42 Å². The molecule has 0 saturated carbocycles. The Hall–Kier alpha value is -1.81. The predicted molar refractivity (Wildman–Crippen MR) is 67.6 cm³/mol. The first-order chi connectivity index (χ1) is 8.27. The standard InChI is InChI=1S/C12H6BClN2O/c13-9-8-11(14)15-6-16-12(8)17-10(9)7-4-2-1-3-5-7/h1-6H. The van der Waals surface area contributed by atoms with E-state index in [2.05, 4.69) is 9.97 Å². The highest BCUT2D eigenvalue weighted by Gasteiger charge is 2.15. The fourth-order valence-electron chi connectivity index (χ4n) is 1.72. The Bertz CT molecular complexity index is 682. The maximum absolute atomic E-state index is 6.01. The summed E-state index contributed by atoms with van der Waals surface area (Å²) in [6.07, 6.45) is 1.35. The van der Waals surface area contributed by atoms with Gasteiger partial charge in [0.2, 0.25) is 5.71 Å². The molecular weight excluding hydrogens is 234 g/mol. The van der Waals surface area contributed by atoms with Gasteiger partial charge in [0.15, 0.2) is 0 Å². The molecular formula is C12H6BClN2O. The van der Waals surface area contributed by atoms with Crippen molar-refractivity contribution in [2.45, 2.75) is 0 Å². The Morgan fingerprint density at radius 2 is 1.88 bits per heavy atom. The molecule has 0 N–H and O–H groups in total. The zero-order chi connectivity index (χ0) is 11.8. The molecule has 80 valence electrons. The first kappa shape index (κ1) is 10.4. The van der Waals surface area contributed by atoms with Crippen LogP contribution in [0.2, 0.25) is 5.15 Å². The zero-order valence-corrected chi connectivity index (χ0v) is 9.48. The van der Waals surface area contributed by atoms with Gasteiger partial charge in [-0.15, -0.1) is 0 Å². The van der Waals surface area contributed by atoms with Crippen LogP contribution in [-0.2, 0) is 0 Å². The molecule has 2 aromatic heterocycles. The number of fused-ring (bicyclic) bond motifs is 1. The third-order valence-electron chi connectivity index (χ3n) is 2.51. The summed E-state index contributed by atoms with van der Waals surface area (Å²) in [6.45, 7) is 0. The van der Waals surface area contributed by atoms with Crippen molar-refractivity contribution in [2.24, 2.45) is 0 Å². The molecule has 0 saturated heterocycles. The minimum absolute atomic E-state index is 0.304. The van der Waals surface area contributed by atoms with Crippen LogP contribution in [0.5, 0.6) is 0 Å². The zero-order valence-electron chi connectivity index (χ0n) is 8.72. The predicted octanol–water partition coefficient (Wildman–Crippen LogP) is 2.34. The molecule has 3 rings (SSSR count). The van der Waals surface area contributed by atoms with Crippen molar-refractivity contribution in [3.8, 4) is 11.3 Å². The molecule has 0 amide bonds. The lowest BCUT2D eigenvalue weighted by molar-refractivity contribution is 0.619. The number of halogens is 1. The van der Waals surface area contributed by atoms with Gasteiger partial charge in [-0.1, -0.05) is 41.9 Å². The lowest BCUT2D eigenvalue weighted by Gasteiger charge is -1.97. The lowest BCUT2D eigenvalue weighted by Crippen LogP contribution is -2.03. The van der Waals surface area contributed by atoms with Crippen LogP contribution in [0.15, 0.2) is 41.1 Å². The molecule has 0 fully saturated rings. The molecule has 1 aromatic carbocycles. The smallest absolute Gasteiger partial charge is 0.230 e. The van der Waals surface area contributed by atoms with E-state index in [9.17, 15) is 0 Å². The van der Waals surface area contributed by atoms with Gasteiger partial charge in [-0.2, -0.15) is 0 Å². The summed E-state index contributed by atoms with van der Waals surface area (Å²) < 4.78 is 5.61. The molecule has 0 aliphatic rings. The number of benzene rings is 1. The maximum atomic E-state index is 6.01. The molecule has 3 aromatic rings. The molecule has 3 nitrogen and oxygen atoms in total. The van der Waals surface area contributed by atoms with Crippen LogP contribution in [0, 0.1) is 0 Å². The van der Waals surface area contributed by atoms with E-state index in [0.29, 0.717) is 27.5 Å². The van der Waals surface area contributed by atoms with Gasteiger partial charge in [0.25, 0.3) is 0 Å². The number of rotatable bonds is 1. The van der Waals surface area contributed by atoms with Gasteiger partial charge in [0, 0.05) is 5.56 Å². The Morgan fingerprint density at radius 3 is 2.59 bits per heavy atom. The molecule has 0 spiro atoms. The van der Waals surface area contributed by atoms with Gasteiger partial charge in [0.1, 0.15) is 25.1 Å². The molecule has 2 heterocycles. The second-order valence-electron chi connectivity index (χ2n) is 3.56. The van der Waals surface area contributed by atoms with Crippen LogP contribution in [0.1, 0.15) is 0 Å². The summed E-state index contributed by atoms with van der Waals surface area (Å²) in [4.78, 5) is 7.90. The van der Waals surface area contributed by atoms with Crippen LogP contribution in [0.4, 0.5) is 0 Å². The van der Waals surface area contributed by atoms with Crippen molar-refractivity contribution in [1.29, 1.82) is 0 Å². The summed E-state index contributed by atoms with van der Waals surface area (Å²) in [5.74, 6) is 0.572. The Morgan fingerprint density at radius 1 is 1.12 bits per heavy atom. The first-order valence-corrected chi connectivity index (χ1v) is 5.39. The van der Waals surface area contributed by atoms with Crippen molar-refractivity contribution in [3.05, 3.63) is 41.8 Å². The Kier molecular flexibility index (Phi) is 2.37. The monoisotopic (exact) mass is 240 g/mol. The largest absolute Gasteiger partial charge is 0.438 e. The van der Waals surface area contributed by atoms with E-state index in [4.69, 9.17) is 23.9 Å². The van der Waals surface area contributed by atoms with Gasteiger partial charge in [-0.05, 0) is 5.46 Å². The highest BCUT2D eigenvalue weighted by atomic mass is 35.5. The van der Waals surface area contributed by atoms with E-state index in [-0.39, 0.29) is 0 Å². The summed E-state index contributed by atoms with van der Waals surface area (Å²) in [6, 6.07) is 9.57. The summed E-state index contributed by atoms with van der Waals surface area (Å²) in [7, 11) is 6.01. The third kappa shape index (κ3) is 1.61. The number of nitrogens with zero attached hydrogens (tertiary/aromatic N) is 2. The van der Waals surface area contributed by atoms with Gasteiger partial charge in [0.05, 0.1) is 5.39 Å². The lowest BCUT2D eigenvalue weighted by atomic mass is 9.91. The highest BCUT2D eigenvalue weighted by molar-refractivity contribution is 6.46. The average molecular weight is 240 g/mol. The van der Waals surface area contributed by atoms with Crippen molar-refractivity contribution >= 4 is 36.0 Å². The van der Waals surface area contributed by atoms with Gasteiger partial charge in [-0.25, -0.2) is 9.97 Å². The Balaban J connectivity index is 2.33. The van der Waals surface area contributed by atoms with Crippen LogP contribution >= 0.6 is 11.6 Å². The highest BCUT2D eigenvalue weighted by Crippen LogP contribution is 2.26. The molecule has 2 radical (unpaired) electrons. The average Bonchev–Trinajstić information content (AvgIpc) is 2.69. The number of aromatic nitrogens is 2. The minimum atomic E-state index is 0.304. The molecule has 0 aliphatic heterocycles. The van der Waals surface area contributed by atoms with Crippen molar-refractivity contribution in [1.82, 2.24) is 9.97 Å². The van der Waals surface area contributed by atoms with Gasteiger partial charge >= 0.3 is 0 Å². The molecule has 5 heteroatoms. The fourth-order valence-corrected chi connectivity index (χ4v) is 1.95. The quantitative estimate of drug-likeness (QED) is 0.484. The molecule has 0 atom stereocenters. The number of furan rings is 1. The van der Waals surface area contributed by atoms with Crippen LogP contribution in [0.25, 0.3) is 22.4 Å². The minimum Gasteiger partial charge on any atom is -0.438 e. The van der Waals surface area contributed by atoms with Crippen LogP contribution in [-0.4, -0.2) is 17.8 Å². The number of hydrogen-bond acceptors (Lipinski definition) is 3. The van der Waals surface area contributed by atoms with E-state index in [1.165, 1.54) is 6.33 Å². The summed E-state index contributed by atoms with van der Waals surface area (Å²) in [5.41, 5.74) is 1.76. The Labute approximate surface area is 104 Å². The van der Waals surface area contributed by atoms with Gasteiger partial charge in [-0.3, -0.25) is 0 Å². The SMILES string of the molecule is [B]c1c(-c2ccccc2)oc2ncnc(Cl)c12. The van der Waals surface area contributed by atoms with Crippen molar-refractivity contribution in [3.63, 3.8) is 0 Å². The van der Waals surface area contributed by atoms with Crippen LogP contribution < -0.4 is 5.46 Å². The van der Waals surface area contributed by atoms with E-state index in [0.717, 1.165) is 5.56 Å². The second kappa shape index (κ2) is 3.89. The first-order valence-electron chi connectivity index (χ1n) is 5.01. The number of hydrogen-bond donors (Lipinski definition) is 0. The van der Waals surface area contributed by atoms with E-state index in [1.807, 2.05) is 30.3 Å². The summed E-state index contributed by atoms with van der Waals surface area (Å²) >= 11 is 5.97. The molecule has 0 unspecified atom stereocenters. The maximum Gasteiger partial charge on any atom is 0.230 e. The summed E-state index contributed by atoms with van der Waals surface area (Å²) in [5, 5.41) is 0.867. The molecule has 0 aliphatic carbocycles. The third-order valence-corrected chi connectivity index (χ3v) is 2.80. The van der Waals surface area contributed by atoms with Crippen molar-refractivity contribution in [2.75, 3.05) is 0 Å². The van der Waals surface area contributed by atoms with E-state index >= 15 is 0 Å². The second-order valence-corrected chi connectivity index (χ2v) is 3.91.